The highest BCUT2D eigenvalue weighted by Crippen LogP contribution is 2.33. The van der Waals surface area contributed by atoms with E-state index in [0.717, 1.165) is 36.4 Å². The second-order valence-corrected chi connectivity index (χ2v) is 11.6. The number of aromatic nitrogens is 2. The van der Waals surface area contributed by atoms with E-state index in [1.54, 1.807) is 31.3 Å². The summed E-state index contributed by atoms with van der Waals surface area (Å²) < 4.78 is 76.3. The number of pyridine rings is 1. The number of carbonyl (C=O) groups is 1. The van der Waals surface area contributed by atoms with Crippen LogP contribution >= 0.6 is 11.3 Å². The van der Waals surface area contributed by atoms with Crippen molar-refractivity contribution in [1.29, 1.82) is 5.41 Å². The Morgan fingerprint density at radius 2 is 1.90 bits per heavy atom. The molecule has 14 heteroatoms. The van der Waals surface area contributed by atoms with Crippen molar-refractivity contribution in [3.63, 3.8) is 0 Å². The van der Waals surface area contributed by atoms with Crippen molar-refractivity contribution >= 4 is 55.6 Å². The van der Waals surface area contributed by atoms with Gasteiger partial charge >= 0.3 is 0 Å². The summed E-state index contributed by atoms with van der Waals surface area (Å²) in [5, 5.41) is 8.41. The Hall–Kier alpha value is -4.82. The van der Waals surface area contributed by atoms with E-state index in [9.17, 15) is 22.0 Å². The number of H-pyrrole nitrogens is 1. The molecule has 0 aliphatic heterocycles. The number of thiophene rings is 1. The highest BCUT2D eigenvalue weighted by molar-refractivity contribution is 7.92. The monoisotopic (exact) mass is 611 g/mol. The Bertz CT molecular complexity index is 2020. The van der Waals surface area contributed by atoms with Gasteiger partial charge in [-0.05, 0) is 48.5 Å². The Balaban J connectivity index is 1.50. The summed E-state index contributed by atoms with van der Waals surface area (Å²) in [6, 6.07) is 10.7. The van der Waals surface area contributed by atoms with Crippen molar-refractivity contribution in [1.82, 2.24) is 9.97 Å². The average Bonchev–Trinajstić information content (AvgIpc) is 3.62. The number of amidine groups is 1. The lowest BCUT2D eigenvalue weighted by atomic mass is 10.0. The van der Waals surface area contributed by atoms with Crippen molar-refractivity contribution in [2.75, 3.05) is 11.8 Å². The molecule has 0 amide bonds. The molecule has 0 unspecified atom stereocenters. The molecule has 9 nitrogen and oxygen atoms in total. The standard InChI is InChI=1S/C28H20F3N5O4S2/c1-14(40-2)35-27(32)23-9-8-22(41-23)15-10-18-19(13-34-28(18)33-12-15)26(37)24-20(30)6-7-21(25(24)31)36-42(38,39)17-5-3-4-16(29)11-17/h3-13,32,36H,1-2H3,(H,33,34). The second-order valence-electron chi connectivity index (χ2n) is 8.85. The predicted octanol–water partition coefficient (Wildman–Crippen LogP) is 6.13. The number of sulfonamides is 1. The smallest absolute Gasteiger partial charge is 0.262 e. The zero-order chi connectivity index (χ0) is 30.2. The first-order valence-corrected chi connectivity index (χ1v) is 14.3. The lowest BCUT2D eigenvalue weighted by Crippen LogP contribution is -2.16. The fourth-order valence-electron chi connectivity index (χ4n) is 4.02. The number of halogens is 3. The molecule has 42 heavy (non-hydrogen) atoms. The van der Waals surface area contributed by atoms with E-state index in [4.69, 9.17) is 10.1 Å². The lowest BCUT2D eigenvalue weighted by molar-refractivity contribution is 0.103. The van der Waals surface area contributed by atoms with Crippen LogP contribution in [0.2, 0.25) is 0 Å². The average molecular weight is 612 g/mol. The summed E-state index contributed by atoms with van der Waals surface area (Å²) in [6.45, 7) is 1.62. The minimum absolute atomic E-state index is 0.00370. The maximum Gasteiger partial charge on any atom is 0.262 e. The Morgan fingerprint density at radius 1 is 1.12 bits per heavy atom. The van der Waals surface area contributed by atoms with Gasteiger partial charge in [0.05, 0.1) is 28.1 Å². The Kier molecular flexibility index (Phi) is 7.67. The van der Waals surface area contributed by atoms with Gasteiger partial charge in [0.1, 0.15) is 17.3 Å². The number of nitrogens with zero attached hydrogens (tertiary/aromatic N) is 2. The van der Waals surface area contributed by atoms with Crippen molar-refractivity contribution in [3.05, 3.63) is 100 Å². The second kappa shape index (κ2) is 11.2. The molecule has 0 radical (unpaired) electrons. The van der Waals surface area contributed by atoms with Gasteiger partial charge in [-0.3, -0.25) is 14.9 Å². The summed E-state index contributed by atoms with van der Waals surface area (Å²) in [5.74, 6) is -4.22. The zero-order valence-corrected chi connectivity index (χ0v) is 23.5. The molecule has 2 aromatic carbocycles. The van der Waals surface area contributed by atoms with E-state index in [0.29, 0.717) is 21.2 Å². The van der Waals surface area contributed by atoms with Crippen LogP contribution in [0.4, 0.5) is 18.9 Å². The van der Waals surface area contributed by atoms with Crippen LogP contribution in [0.25, 0.3) is 21.5 Å². The molecule has 0 aliphatic rings. The lowest BCUT2D eigenvalue weighted by Gasteiger charge is -2.12. The van der Waals surface area contributed by atoms with Gasteiger partial charge in [-0.2, -0.15) is 4.99 Å². The van der Waals surface area contributed by atoms with Crippen LogP contribution in [0.5, 0.6) is 0 Å². The molecule has 3 heterocycles. The number of nitrogens with one attached hydrogen (secondary N) is 3. The van der Waals surface area contributed by atoms with Crippen molar-refractivity contribution in [2.24, 2.45) is 4.99 Å². The largest absolute Gasteiger partial charge is 0.484 e. The van der Waals surface area contributed by atoms with Crippen LogP contribution in [0.3, 0.4) is 0 Å². The predicted molar refractivity (Wildman–Crippen MR) is 153 cm³/mol. The molecule has 0 saturated heterocycles. The molecule has 0 bridgehead atoms. The number of anilines is 1. The van der Waals surface area contributed by atoms with Crippen LogP contribution in [0, 0.1) is 22.9 Å². The molecule has 0 atom stereocenters. The van der Waals surface area contributed by atoms with E-state index >= 15 is 4.39 Å². The number of aromatic amines is 1. The number of ketones is 1. The topological polar surface area (TPSA) is 137 Å². The van der Waals surface area contributed by atoms with E-state index in [1.807, 2.05) is 4.72 Å². The van der Waals surface area contributed by atoms with E-state index in [1.165, 1.54) is 24.6 Å². The molecule has 5 aromatic rings. The third-order valence-electron chi connectivity index (χ3n) is 6.13. The maximum atomic E-state index is 15.5. The minimum atomic E-state index is -4.46. The van der Waals surface area contributed by atoms with Crippen LogP contribution < -0.4 is 4.72 Å². The minimum Gasteiger partial charge on any atom is -0.484 e. The van der Waals surface area contributed by atoms with Gasteiger partial charge < -0.3 is 9.72 Å². The number of hydrogen-bond donors (Lipinski definition) is 3. The summed E-state index contributed by atoms with van der Waals surface area (Å²) in [4.78, 5) is 25.4. The Labute approximate surface area is 241 Å². The first-order valence-electron chi connectivity index (χ1n) is 12.0. The van der Waals surface area contributed by atoms with Crippen LogP contribution in [0.1, 0.15) is 27.7 Å². The van der Waals surface area contributed by atoms with Gasteiger partial charge in [0.25, 0.3) is 10.0 Å². The molecular formula is C28H20F3N5O4S2. The SMILES string of the molecule is COC(C)=NC(=N)c1ccc(-c2cnc3[nH]cc(C(=O)c4c(F)ccc(NS(=O)(=O)c5cccc(F)c5)c4F)c3c2)s1. The summed E-state index contributed by atoms with van der Waals surface area (Å²) >= 11 is 1.25. The number of ether oxygens (including phenoxy) is 1. The fraction of sp³-hybridized carbons (Fsp3) is 0.0714. The molecular weight excluding hydrogens is 591 g/mol. The van der Waals surface area contributed by atoms with Crippen molar-refractivity contribution < 1.29 is 31.1 Å². The van der Waals surface area contributed by atoms with Gasteiger partial charge in [0.2, 0.25) is 5.78 Å². The molecule has 3 aromatic heterocycles. The van der Waals surface area contributed by atoms with Gasteiger partial charge in [-0.25, -0.2) is 26.6 Å². The van der Waals surface area contributed by atoms with Gasteiger partial charge in [0, 0.05) is 40.7 Å². The third-order valence-corrected chi connectivity index (χ3v) is 8.64. The van der Waals surface area contributed by atoms with Gasteiger partial charge in [-0.1, -0.05) is 6.07 Å². The molecule has 214 valence electrons. The summed E-state index contributed by atoms with van der Waals surface area (Å²) in [5.41, 5.74) is -0.936. The number of hydrogen-bond acceptors (Lipinski definition) is 7. The van der Waals surface area contributed by atoms with E-state index in [2.05, 4.69) is 15.0 Å². The molecule has 3 N–H and O–H groups in total. The summed E-state index contributed by atoms with van der Waals surface area (Å²) in [6.07, 6.45) is 2.79. The number of benzene rings is 2. The van der Waals surface area contributed by atoms with E-state index < -0.39 is 49.4 Å². The number of carbonyl (C=O) groups excluding carboxylic acids is 1. The molecule has 0 saturated carbocycles. The molecule has 5 rings (SSSR count). The summed E-state index contributed by atoms with van der Waals surface area (Å²) in [7, 11) is -3.01. The fourth-order valence-corrected chi connectivity index (χ4v) is 5.99. The third kappa shape index (κ3) is 5.53. The first-order chi connectivity index (χ1) is 20.0. The highest BCUT2D eigenvalue weighted by Gasteiger charge is 2.27. The highest BCUT2D eigenvalue weighted by atomic mass is 32.2. The number of rotatable bonds is 7. The van der Waals surface area contributed by atoms with Crippen molar-refractivity contribution in [3.8, 4) is 10.4 Å². The zero-order valence-electron chi connectivity index (χ0n) is 21.8. The quantitative estimate of drug-likeness (QED) is 0.116. The van der Waals surface area contributed by atoms with E-state index in [-0.39, 0.29) is 22.4 Å². The number of methoxy groups -OCH3 is 1. The van der Waals surface area contributed by atoms with Gasteiger partial charge in [-0.15, -0.1) is 11.3 Å². The normalized spacial score (nSPS) is 12.0. The molecule has 0 spiro atoms. The molecule has 0 fully saturated rings. The van der Waals surface area contributed by atoms with Crippen LogP contribution in [0.15, 0.2) is 76.9 Å². The maximum absolute atomic E-state index is 15.5. The molecule has 0 aliphatic carbocycles. The Morgan fingerprint density at radius 3 is 2.64 bits per heavy atom. The van der Waals surface area contributed by atoms with Gasteiger partial charge in [0.15, 0.2) is 17.6 Å². The number of aliphatic imine (C=N–C) groups is 1. The van der Waals surface area contributed by atoms with Crippen LogP contribution in [-0.2, 0) is 14.8 Å². The number of fused-ring (bicyclic) bond motifs is 1. The van der Waals surface area contributed by atoms with Crippen molar-refractivity contribution in [2.45, 2.75) is 11.8 Å². The van der Waals surface area contributed by atoms with Crippen LogP contribution in [-0.4, -0.2) is 43.0 Å². The first kappa shape index (κ1) is 28.7.